The zero-order valence-corrected chi connectivity index (χ0v) is 14.2. The fourth-order valence-electron chi connectivity index (χ4n) is 2.17. The van der Waals surface area contributed by atoms with Crippen molar-refractivity contribution in [2.45, 2.75) is 13.8 Å². The van der Waals surface area contributed by atoms with Crippen LogP contribution in [0.25, 0.3) is 10.2 Å². The summed E-state index contributed by atoms with van der Waals surface area (Å²) in [5, 5.41) is 5.04. The molecule has 0 aliphatic rings. The van der Waals surface area contributed by atoms with Gasteiger partial charge in [0.2, 0.25) is 0 Å². The number of nitrogens with one attached hydrogen (secondary N) is 1. The number of rotatable bonds is 2. The first-order valence-corrected chi connectivity index (χ1v) is 8.11. The number of thiazole rings is 1. The topological polar surface area (TPSA) is 24.9 Å². The van der Waals surface area contributed by atoms with Gasteiger partial charge in [-0.25, -0.2) is 4.98 Å². The Morgan fingerprint density at radius 2 is 1.85 bits per heavy atom. The Morgan fingerprint density at radius 1 is 1.15 bits per heavy atom. The molecule has 0 amide bonds. The molecule has 1 heterocycles. The van der Waals surface area contributed by atoms with Gasteiger partial charge in [0.25, 0.3) is 0 Å². The second kappa shape index (κ2) is 5.35. The Balaban J connectivity index is 2.01. The molecule has 0 fully saturated rings. The van der Waals surface area contributed by atoms with Gasteiger partial charge >= 0.3 is 0 Å². The summed E-state index contributed by atoms with van der Waals surface area (Å²) in [7, 11) is 0. The van der Waals surface area contributed by atoms with Gasteiger partial charge in [0.15, 0.2) is 5.13 Å². The van der Waals surface area contributed by atoms with Gasteiger partial charge in [0.1, 0.15) is 0 Å². The molecular formula is C15H12BrClN2S. The van der Waals surface area contributed by atoms with E-state index < -0.39 is 0 Å². The first-order chi connectivity index (χ1) is 9.52. The maximum absolute atomic E-state index is 6.01. The molecule has 3 rings (SSSR count). The lowest BCUT2D eigenvalue weighted by atomic mass is 10.1. The molecule has 5 heteroatoms. The van der Waals surface area contributed by atoms with E-state index in [0.29, 0.717) is 0 Å². The van der Waals surface area contributed by atoms with Crippen LogP contribution in [-0.4, -0.2) is 4.98 Å². The largest absolute Gasteiger partial charge is 0.331 e. The molecule has 2 aromatic carbocycles. The minimum atomic E-state index is 0.740. The van der Waals surface area contributed by atoms with Crippen molar-refractivity contribution >= 4 is 59.9 Å². The highest BCUT2D eigenvalue weighted by Crippen LogP contribution is 2.33. The zero-order valence-electron chi connectivity index (χ0n) is 11.0. The molecule has 2 nitrogen and oxygen atoms in total. The van der Waals surface area contributed by atoms with Crippen molar-refractivity contribution in [1.29, 1.82) is 0 Å². The Bertz CT molecular complexity index is 775. The van der Waals surface area contributed by atoms with Crippen LogP contribution in [0.15, 0.2) is 34.8 Å². The van der Waals surface area contributed by atoms with Crippen molar-refractivity contribution in [3.05, 3.63) is 51.0 Å². The van der Waals surface area contributed by atoms with Crippen LogP contribution in [-0.2, 0) is 0 Å². The minimum absolute atomic E-state index is 0.740. The fourth-order valence-corrected chi connectivity index (χ4v) is 4.00. The molecule has 20 heavy (non-hydrogen) atoms. The molecule has 0 radical (unpaired) electrons. The van der Waals surface area contributed by atoms with Crippen molar-refractivity contribution in [3.8, 4) is 0 Å². The number of hydrogen-bond acceptors (Lipinski definition) is 3. The van der Waals surface area contributed by atoms with Crippen LogP contribution in [0.2, 0.25) is 5.02 Å². The maximum Gasteiger partial charge on any atom is 0.188 e. The van der Waals surface area contributed by atoms with E-state index in [1.807, 2.05) is 18.2 Å². The van der Waals surface area contributed by atoms with Crippen LogP contribution >= 0.6 is 38.9 Å². The Hall–Kier alpha value is -1.10. The molecule has 0 saturated carbocycles. The van der Waals surface area contributed by atoms with Crippen molar-refractivity contribution in [2.24, 2.45) is 0 Å². The third-order valence-corrected chi connectivity index (χ3v) is 4.71. The number of nitrogens with zero attached hydrogens (tertiary/aromatic N) is 1. The Morgan fingerprint density at radius 3 is 2.55 bits per heavy atom. The molecule has 0 aliphatic heterocycles. The van der Waals surface area contributed by atoms with Crippen molar-refractivity contribution in [3.63, 3.8) is 0 Å². The van der Waals surface area contributed by atoms with Gasteiger partial charge in [-0.2, -0.15) is 0 Å². The molecule has 102 valence electrons. The highest BCUT2D eigenvalue weighted by atomic mass is 79.9. The second-order valence-corrected chi connectivity index (χ2v) is 7.05. The normalized spacial score (nSPS) is 11.0. The third-order valence-electron chi connectivity index (χ3n) is 3.08. The summed E-state index contributed by atoms with van der Waals surface area (Å²) in [6.45, 7) is 4.18. The zero-order chi connectivity index (χ0) is 14.3. The smallest absolute Gasteiger partial charge is 0.188 e. The minimum Gasteiger partial charge on any atom is -0.331 e. The summed E-state index contributed by atoms with van der Waals surface area (Å²) < 4.78 is 2.18. The van der Waals surface area contributed by atoms with Crippen molar-refractivity contribution in [1.82, 2.24) is 4.98 Å². The van der Waals surface area contributed by atoms with E-state index in [-0.39, 0.29) is 0 Å². The number of aromatic nitrogens is 1. The van der Waals surface area contributed by atoms with E-state index in [1.54, 1.807) is 11.3 Å². The lowest BCUT2D eigenvalue weighted by Crippen LogP contribution is -1.95. The number of aryl methyl sites for hydroxylation is 2. The Kier molecular flexibility index (Phi) is 3.71. The van der Waals surface area contributed by atoms with Gasteiger partial charge in [-0.15, -0.1) is 0 Å². The molecule has 0 aliphatic carbocycles. The lowest BCUT2D eigenvalue weighted by Gasteiger charge is -2.11. The average molecular weight is 368 g/mol. The first kappa shape index (κ1) is 13.9. The van der Waals surface area contributed by atoms with E-state index in [0.717, 1.165) is 30.5 Å². The molecule has 1 N–H and O–H groups in total. The van der Waals surface area contributed by atoms with E-state index in [4.69, 9.17) is 11.6 Å². The number of halogens is 2. The summed E-state index contributed by atoms with van der Waals surface area (Å²) in [6.07, 6.45) is 0. The standard InChI is InChI=1S/C15H12BrClN2S/c1-8-5-10(16)6-9(2)14(8)19-15-18-12-4-3-11(17)7-13(12)20-15/h3-7H,1-2H3,(H,18,19). The highest BCUT2D eigenvalue weighted by molar-refractivity contribution is 9.10. The number of benzene rings is 2. The summed E-state index contributed by atoms with van der Waals surface area (Å²) >= 11 is 11.1. The SMILES string of the molecule is Cc1cc(Br)cc(C)c1Nc1nc2ccc(Cl)cc2s1. The Labute approximate surface area is 134 Å². The molecule has 0 bridgehead atoms. The quantitative estimate of drug-likeness (QED) is 0.594. The van der Waals surface area contributed by atoms with E-state index in [1.165, 1.54) is 11.1 Å². The van der Waals surface area contributed by atoms with E-state index in [9.17, 15) is 0 Å². The number of anilines is 2. The fraction of sp³-hybridized carbons (Fsp3) is 0.133. The third kappa shape index (κ3) is 2.68. The second-order valence-electron chi connectivity index (χ2n) is 4.67. The summed E-state index contributed by atoms with van der Waals surface area (Å²) in [5.41, 5.74) is 4.45. The van der Waals surface area contributed by atoms with Crippen LogP contribution < -0.4 is 5.32 Å². The predicted molar refractivity (Wildman–Crippen MR) is 91.5 cm³/mol. The average Bonchev–Trinajstić information content (AvgIpc) is 2.75. The summed E-state index contributed by atoms with van der Waals surface area (Å²) in [5.74, 6) is 0. The summed E-state index contributed by atoms with van der Waals surface area (Å²) in [6, 6.07) is 9.95. The van der Waals surface area contributed by atoms with Gasteiger partial charge in [-0.1, -0.05) is 38.9 Å². The molecule has 0 saturated heterocycles. The van der Waals surface area contributed by atoms with Crippen molar-refractivity contribution in [2.75, 3.05) is 5.32 Å². The van der Waals surface area contributed by atoms with Crippen molar-refractivity contribution < 1.29 is 0 Å². The molecule has 3 aromatic rings. The molecular weight excluding hydrogens is 356 g/mol. The molecule has 0 atom stereocenters. The van der Waals surface area contributed by atoms with Gasteiger partial charge in [-0.3, -0.25) is 0 Å². The number of hydrogen-bond donors (Lipinski definition) is 1. The van der Waals surface area contributed by atoms with Gasteiger partial charge in [0, 0.05) is 15.2 Å². The molecule has 0 unspecified atom stereocenters. The van der Waals surface area contributed by atoms with Crippen LogP contribution in [0.5, 0.6) is 0 Å². The van der Waals surface area contributed by atoms with E-state index in [2.05, 4.69) is 52.2 Å². The van der Waals surface area contributed by atoms with Gasteiger partial charge < -0.3 is 5.32 Å². The highest BCUT2D eigenvalue weighted by Gasteiger charge is 2.08. The first-order valence-electron chi connectivity index (χ1n) is 6.13. The van der Waals surface area contributed by atoms with Crippen LogP contribution in [0.3, 0.4) is 0 Å². The molecule has 1 aromatic heterocycles. The van der Waals surface area contributed by atoms with Crippen LogP contribution in [0, 0.1) is 13.8 Å². The summed E-state index contributed by atoms with van der Waals surface area (Å²) in [4.78, 5) is 4.59. The van der Waals surface area contributed by atoms with Gasteiger partial charge in [-0.05, 0) is 55.3 Å². The lowest BCUT2D eigenvalue weighted by molar-refractivity contribution is 1.33. The predicted octanol–water partition coefficient (Wildman–Crippen LogP) is 6.07. The number of fused-ring (bicyclic) bond motifs is 1. The van der Waals surface area contributed by atoms with Crippen LogP contribution in [0.1, 0.15) is 11.1 Å². The monoisotopic (exact) mass is 366 g/mol. The van der Waals surface area contributed by atoms with Gasteiger partial charge in [0.05, 0.1) is 10.2 Å². The van der Waals surface area contributed by atoms with E-state index >= 15 is 0 Å². The molecule has 0 spiro atoms. The maximum atomic E-state index is 6.01. The van der Waals surface area contributed by atoms with Crippen LogP contribution in [0.4, 0.5) is 10.8 Å².